The van der Waals surface area contributed by atoms with Gasteiger partial charge in [-0.05, 0) is 34.0 Å². The zero-order valence-corrected chi connectivity index (χ0v) is 10.8. The molecule has 84 valence electrons. The van der Waals surface area contributed by atoms with Crippen molar-refractivity contribution in [3.8, 4) is 0 Å². The first-order valence-electron chi connectivity index (χ1n) is 5.08. The molecule has 0 aliphatic carbocycles. The van der Waals surface area contributed by atoms with E-state index in [0.29, 0.717) is 6.04 Å². The fraction of sp³-hybridized carbons (Fsp3) is 0.545. The van der Waals surface area contributed by atoms with Crippen LogP contribution in [0.15, 0.2) is 22.9 Å². The van der Waals surface area contributed by atoms with E-state index in [-0.39, 0.29) is 0 Å². The zero-order chi connectivity index (χ0) is 11.1. The van der Waals surface area contributed by atoms with Crippen LogP contribution in [0.1, 0.15) is 18.9 Å². The summed E-state index contributed by atoms with van der Waals surface area (Å²) in [6.07, 6.45) is 4.72. The second-order valence-electron chi connectivity index (χ2n) is 3.45. The minimum Gasteiger partial charge on any atom is -0.383 e. The molecule has 1 heterocycles. The monoisotopic (exact) mass is 272 g/mol. The van der Waals surface area contributed by atoms with Crippen LogP contribution in [0.3, 0.4) is 0 Å². The third kappa shape index (κ3) is 4.73. The highest BCUT2D eigenvalue weighted by molar-refractivity contribution is 9.10. The molecule has 1 aromatic heterocycles. The van der Waals surface area contributed by atoms with Crippen molar-refractivity contribution in [2.24, 2.45) is 0 Å². The van der Waals surface area contributed by atoms with Crippen molar-refractivity contribution in [2.75, 3.05) is 13.7 Å². The van der Waals surface area contributed by atoms with Crippen molar-refractivity contribution in [2.45, 2.75) is 25.9 Å². The van der Waals surface area contributed by atoms with E-state index in [0.717, 1.165) is 24.0 Å². The lowest BCUT2D eigenvalue weighted by molar-refractivity contribution is 0.164. The Morgan fingerprint density at radius 2 is 2.33 bits per heavy atom. The topological polar surface area (TPSA) is 34.1 Å². The summed E-state index contributed by atoms with van der Waals surface area (Å²) >= 11 is 3.40. The number of pyridine rings is 1. The van der Waals surface area contributed by atoms with Crippen molar-refractivity contribution < 1.29 is 4.74 Å². The number of ether oxygens (including phenoxy) is 1. The summed E-state index contributed by atoms with van der Waals surface area (Å²) in [7, 11) is 1.73. The lowest BCUT2D eigenvalue weighted by atomic mass is 10.2. The molecule has 1 atom stereocenters. The molecule has 15 heavy (non-hydrogen) atoms. The Bertz CT molecular complexity index is 294. The van der Waals surface area contributed by atoms with E-state index in [1.165, 1.54) is 5.56 Å². The van der Waals surface area contributed by atoms with Gasteiger partial charge in [-0.3, -0.25) is 4.98 Å². The van der Waals surface area contributed by atoms with Crippen LogP contribution in [0.2, 0.25) is 0 Å². The minimum atomic E-state index is 0.411. The first-order chi connectivity index (χ1) is 7.26. The maximum Gasteiger partial charge on any atom is 0.0615 e. The molecule has 0 radical (unpaired) electrons. The normalized spacial score (nSPS) is 12.7. The van der Waals surface area contributed by atoms with Crippen molar-refractivity contribution in [1.82, 2.24) is 10.3 Å². The predicted molar refractivity (Wildman–Crippen MR) is 64.7 cm³/mol. The maximum atomic E-state index is 5.12. The van der Waals surface area contributed by atoms with Gasteiger partial charge in [0.05, 0.1) is 6.61 Å². The highest BCUT2D eigenvalue weighted by Gasteiger charge is 2.04. The quantitative estimate of drug-likeness (QED) is 0.864. The molecule has 0 bridgehead atoms. The Balaban J connectivity index is 2.41. The number of nitrogens with one attached hydrogen (secondary N) is 1. The Morgan fingerprint density at radius 3 is 2.93 bits per heavy atom. The number of nitrogens with zero attached hydrogens (tertiary/aromatic N) is 1. The smallest absolute Gasteiger partial charge is 0.0615 e. The van der Waals surface area contributed by atoms with E-state index in [9.17, 15) is 0 Å². The first kappa shape index (κ1) is 12.6. The summed E-state index contributed by atoms with van der Waals surface area (Å²) in [5.74, 6) is 0. The van der Waals surface area contributed by atoms with Gasteiger partial charge in [-0.1, -0.05) is 6.92 Å². The van der Waals surface area contributed by atoms with Gasteiger partial charge in [-0.2, -0.15) is 0 Å². The third-order valence-corrected chi connectivity index (χ3v) is 2.65. The summed E-state index contributed by atoms with van der Waals surface area (Å²) in [6.45, 7) is 3.72. The summed E-state index contributed by atoms with van der Waals surface area (Å²) < 4.78 is 6.13. The Kier molecular flexibility index (Phi) is 5.83. The van der Waals surface area contributed by atoms with Gasteiger partial charge in [0, 0.05) is 36.6 Å². The van der Waals surface area contributed by atoms with Gasteiger partial charge in [0.15, 0.2) is 0 Å². The lowest BCUT2D eigenvalue weighted by Gasteiger charge is -2.15. The van der Waals surface area contributed by atoms with Crippen molar-refractivity contribution in [1.29, 1.82) is 0 Å². The van der Waals surface area contributed by atoms with Gasteiger partial charge in [-0.15, -0.1) is 0 Å². The van der Waals surface area contributed by atoms with Crippen LogP contribution in [0.5, 0.6) is 0 Å². The SMILES string of the molecule is CCC(COC)NCc1cncc(Br)c1. The van der Waals surface area contributed by atoms with Crippen LogP contribution >= 0.6 is 15.9 Å². The molecule has 0 aliphatic rings. The summed E-state index contributed by atoms with van der Waals surface area (Å²) in [5.41, 5.74) is 1.18. The molecule has 1 unspecified atom stereocenters. The van der Waals surface area contributed by atoms with Gasteiger partial charge >= 0.3 is 0 Å². The van der Waals surface area contributed by atoms with Gasteiger partial charge in [-0.25, -0.2) is 0 Å². The van der Waals surface area contributed by atoms with E-state index >= 15 is 0 Å². The second-order valence-corrected chi connectivity index (χ2v) is 4.37. The maximum absolute atomic E-state index is 5.12. The van der Waals surface area contributed by atoms with Gasteiger partial charge in [0.2, 0.25) is 0 Å². The number of halogens is 1. The average Bonchev–Trinajstić information content (AvgIpc) is 2.24. The third-order valence-electron chi connectivity index (χ3n) is 2.22. The number of hydrogen-bond acceptors (Lipinski definition) is 3. The molecule has 3 nitrogen and oxygen atoms in total. The summed E-state index contributed by atoms with van der Waals surface area (Å²) in [6, 6.07) is 2.48. The molecule has 0 saturated carbocycles. The highest BCUT2D eigenvalue weighted by Crippen LogP contribution is 2.09. The van der Waals surface area contributed by atoms with E-state index in [2.05, 4.69) is 39.2 Å². The van der Waals surface area contributed by atoms with Gasteiger partial charge in [0.1, 0.15) is 0 Å². The molecule has 0 aliphatic heterocycles. The van der Waals surface area contributed by atoms with Crippen molar-refractivity contribution in [3.63, 3.8) is 0 Å². The van der Waals surface area contributed by atoms with Crippen LogP contribution in [0, 0.1) is 0 Å². The zero-order valence-electron chi connectivity index (χ0n) is 9.16. The molecule has 0 spiro atoms. The molecule has 1 rings (SSSR count). The molecule has 1 N–H and O–H groups in total. The fourth-order valence-corrected chi connectivity index (χ4v) is 1.75. The molecular weight excluding hydrogens is 256 g/mol. The van der Waals surface area contributed by atoms with Crippen molar-refractivity contribution >= 4 is 15.9 Å². The average molecular weight is 273 g/mol. The summed E-state index contributed by atoms with van der Waals surface area (Å²) in [4.78, 5) is 4.12. The van der Waals surface area contributed by atoms with E-state index in [1.807, 2.05) is 6.20 Å². The van der Waals surface area contributed by atoms with Crippen LogP contribution in [-0.4, -0.2) is 24.7 Å². The van der Waals surface area contributed by atoms with Gasteiger partial charge in [0.25, 0.3) is 0 Å². The lowest BCUT2D eigenvalue weighted by Crippen LogP contribution is -2.32. The van der Waals surface area contributed by atoms with Crippen LogP contribution < -0.4 is 5.32 Å². The molecule has 0 amide bonds. The summed E-state index contributed by atoms with van der Waals surface area (Å²) in [5, 5.41) is 3.43. The van der Waals surface area contributed by atoms with E-state index < -0.39 is 0 Å². The van der Waals surface area contributed by atoms with Crippen molar-refractivity contribution in [3.05, 3.63) is 28.5 Å². The number of hydrogen-bond donors (Lipinski definition) is 1. The first-order valence-corrected chi connectivity index (χ1v) is 5.87. The Labute approximate surface area is 99.4 Å². The largest absolute Gasteiger partial charge is 0.383 e. The molecule has 0 aromatic carbocycles. The molecule has 0 fully saturated rings. The fourth-order valence-electron chi connectivity index (χ4n) is 1.34. The molecule has 1 aromatic rings. The predicted octanol–water partition coefficient (Wildman–Crippen LogP) is 2.36. The van der Waals surface area contributed by atoms with Crippen LogP contribution in [-0.2, 0) is 11.3 Å². The van der Waals surface area contributed by atoms with E-state index in [1.54, 1.807) is 13.3 Å². The minimum absolute atomic E-state index is 0.411. The van der Waals surface area contributed by atoms with Gasteiger partial charge < -0.3 is 10.1 Å². The molecular formula is C11H17BrN2O. The number of aromatic nitrogens is 1. The second kappa shape index (κ2) is 6.93. The highest BCUT2D eigenvalue weighted by atomic mass is 79.9. The number of methoxy groups -OCH3 is 1. The Morgan fingerprint density at radius 1 is 1.53 bits per heavy atom. The molecule has 4 heteroatoms. The standard InChI is InChI=1S/C11H17BrN2O/c1-3-11(8-15-2)14-6-9-4-10(12)7-13-5-9/h4-5,7,11,14H,3,6,8H2,1-2H3. The van der Waals surface area contributed by atoms with Crippen LogP contribution in [0.25, 0.3) is 0 Å². The molecule has 0 saturated heterocycles. The van der Waals surface area contributed by atoms with E-state index in [4.69, 9.17) is 4.74 Å². The number of rotatable bonds is 6. The Hall–Kier alpha value is -0.450. The van der Waals surface area contributed by atoms with Crippen LogP contribution in [0.4, 0.5) is 0 Å².